The van der Waals surface area contributed by atoms with Crippen LogP contribution in [0.3, 0.4) is 0 Å². The number of carbonyl (C=O) groups is 1. The summed E-state index contributed by atoms with van der Waals surface area (Å²) in [4.78, 5) is 38.5. The Bertz CT molecular complexity index is 1560. The van der Waals surface area contributed by atoms with Gasteiger partial charge in [-0.3, -0.25) is 14.3 Å². The predicted molar refractivity (Wildman–Crippen MR) is 140 cm³/mol. The van der Waals surface area contributed by atoms with Crippen LogP contribution in [0.4, 0.5) is 19.0 Å². The van der Waals surface area contributed by atoms with Gasteiger partial charge in [-0.25, -0.2) is 9.78 Å². The number of fused-ring (bicyclic) bond motifs is 1. The van der Waals surface area contributed by atoms with Crippen molar-refractivity contribution in [3.63, 3.8) is 0 Å². The van der Waals surface area contributed by atoms with E-state index in [0.29, 0.717) is 41.9 Å². The number of benzene rings is 1. The number of aromatic nitrogens is 3. The first-order chi connectivity index (χ1) is 19.0. The first-order valence-electron chi connectivity index (χ1n) is 12.6. The number of carbonyl (C=O) groups excluding carboxylic acids is 1. The fourth-order valence-electron chi connectivity index (χ4n) is 5.08. The topological polar surface area (TPSA) is 131 Å². The normalized spacial score (nSPS) is 18.6. The van der Waals surface area contributed by atoms with Gasteiger partial charge in [-0.2, -0.15) is 28.7 Å². The SMILES string of the molecule is CC[C@@H]1CN(c2nc(=O)n(C)c3ccc(C#N)nc23)[C@@H](C)CN1C(C(=O)NCC#N)c1ccc(C(F)(F)F)cc1. The zero-order valence-electron chi connectivity index (χ0n) is 22.1. The van der Waals surface area contributed by atoms with Crippen LogP contribution in [0.2, 0.25) is 0 Å². The van der Waals surface area contributed by atoms with Crippen LogP contribution in [0.15, 0.2) is 41.2 Å². The van der Waals surface area contributed by atoms with E-state index in [4.69, 9.17) is 5.26 Å². The quantitative estimate of drug-likeness (QED) is 0.462. The molecule has 1 aromatic carbocycles. The van der Waals surface area contributed by atoms with Gasteiger partial charge in [0.2, 0.25) is 5.91 Å². The number of halogens is 3. The van der Waals surface area contributed by atoms with Crippen molar-refractivity contribution in [2.45, 2.75) is 44.6 Å². The fourth-order valence-corrected chi connectivity index (χ4v) is 5.08. The second-order valence-electron chi connectivity index (χ2n) is 9.61. The molecule has 0 bridgehead atoms. The molecule has 1 unspecified atom stereocenters. The lowest BCUT2D eigenvalue weighted by atomic mass is 9.96. The molecule has 0 radical (unpaired) electrons. The Balaban J connectivity index is 1.75. The Labute approximate surface area is 228 Å². The molecule has 1 N–H and O–H groups in total. The number of pyridine rings is 1. The van der Waals surface area contributed by atoms with Crippen molar-refractivity contribution in [3.05, 3.63) is 63.7 Å². The van der Waals surface area contributed by atoms with E-state index in [2.05, 4.69) is 15.3 Å². The number of amides is 1. The molecular formula is C27H27F3N8O2. The molecule has 1 aliphatic rings. The van der Waals surface area contributed by atoms with Crippen LogP contribution in [0, 0.1) is 22.7 Å². The molecule has 1 aliphatic heterocycles. The first kappa shape index (κ1) is 28.5. The molecule has 3 aromatic rings. The minimum absolute atomic E-state index is 0.170. The minimum Gasteiger partial charge on any atom is -0.349 e. The summed E-state index contributed by atoms with van der Waals surface area (Å²) in [5.41, 5.74) is 0.113. The molecule has 1 saturated heterocycles. The number of anilines is 1. The average molecular weight is 553 g/mol. The second-order valence-corrected chi connectivity index (χ2v) is 9.61. The molecule has 4 rings (SSSR count). The summed E-state index contributed by atoms with van der Waals surface area (Å²) in [6, 6.07) is 9.94. The molecule has 10 nitrogen and oxygen atoms in total. The van der Waals surface area contributed by atoms with Crippen LogP contribution in [0.5, 0.6) is 0 Å². The predicted octanol–water partition coefficient (Wildman–Crippen LogP) is 2.89. The molecular weight excluding hydrogens is 525 g/mol. The smallest absolute Gasteiger partial charge is 0.349 e. The van der Waals surface area contributed by atoms with Crippen LogP contribution >= 0.6 is 0 Å². The van der Waals surface area contributed by atoms with Crippen LogP contribution in [-0.4, -0.2) is 57.1 Å². The third-order valence-corrected chi connectivity index (χ3v) is 7.15. The highest BCUT2D eigenvalue weighted by molar-refractivity contribution is 5.87. The minimum atomic E-state index is -4.52. The van der Waals surface area contributed by atoms with Crippen molar-refractivity contribution in [3.8, 4) is 12.1 Å². The highest BCUT2D eigenvalue weighted by atomic mass is 19.4. The summed E-state index contributed by atoms with van der Waals surface area (Å²) in [6.45, 7) is 4.17. The van der Waals surface area contributed by atoms with Crippen molar-refractivity contribution in [1.29, 1.82) is 10.5 Å². The Morgan fingerprint density at radius 1 is 1.15 bits per heavy atom. The van der Waals surface area contributed by atoms with E-state index in [9.17, 15) is 28.0 Å². The van der Waals surface area contributed by atoms with Crippen LogP contribution in [-0.2, 0) is 18.0 Å². The van der Waals surface area contributed by atoms with E-state index >= 15 is 0 Å². The van der Waals surface area contributed by atoms with Crippen LogP contribution < -0.4 is 15.9 Å². The molecule has 3 heterocycles. The maximum atomic E-state index is 13.3. The molecule has 0 spiro atoms. The Morgan fingerprint density at radius 3 is 2.45 bits per heavy atom. The highest BCUT2D eigenvalue weighted by Crippen LogP contribution is 2.35. The summed E-state index contributed by atoms with van der Waals surface area (Å²) in [5, 5.41) is 20.9. The summed E-state index contributed by atoms with van der Waals surface area (Å²) in [6.07, 6.45) is -3.96. The first-order valence-corrected chi connectivity index (χ1v) is 12.6. The summed E-state index contributed by atoms with van der Waals surface area (Å²) in [7, 11) is 1.57. The van der Waals surface area contributed by atoms with E-state index in [-0.39, 0.29) is 24.3 Å². The number of piperazine rings is 1. The molecule has 0 saturated carbocycles. The van der Waals surface area contributed by atoms with Gasteiger partial charge in [-0.05, 0) is 43.2 Å². The van der Waals surface area contributed by atoms with Gasteiger partial charge in [0.1, 0.15) is 29.9 Å². The van der Waals surface area contributed by atoms with Gasteiger partial charge in [-0.15, -0.1) is 0 Å². The van der Waals surface area contributed by atoms with E-state index < -0.39 is 29.4 Å². The van der Waals surface area contributed by atoms with Gasteiger partial charge < -0.3 is 10.2 Å². The summed E-state index contributed by atoms with van der Waals surface area (Å²) in [5.74, 6) is -0.182. The van der Waals surface area contributed by atoms with Crippen molar-refractivity contribution in [1.82, 2.24) is 24.8 Å². The zero-order valence-corrected chi connectivity index (χ0v) is 22.1. The van der Waals surface area contributed by atoms with E-state index in [1.54, 1.807) is 13.1 Å². The van der Waals surface area contributed by atoms with E-state index in [1.165, 1.54) is 22.8 Å². The molecule has 13 heteroatoms. The molecule has 40 heavy (non-hydrogen) atoms. The Hall–Kier alpha value is -4.49. The highest BCUT2D eigenvalue weighted by Gasteiger charge is 2.40. The van der Waals surface area contributed by atoms with Crippen molar-refractivity contribution in [2.24, 2.45) is 7.05 Å². The van der Waals surface area contributed by atoms with Crippen molar-refractivity contribution >= 4 is 22.8 Å². The molecule has 2 aromatic heterocycles. The molecule has 1 amide bonds. The summed E-state index contributed by atoms with van der Waals surface area (Å²) < 4.78 is 41.0. The average Bonchev–Trinajstić information content (AvgIpc) is 2.93. The number of hydrogen-bond donors (Lipinski definition) is 1. The number of nitriles is 2. The lowest BCUT2D eigenvalue weighted by Crippen LogP contribution is -2.60. The number of nitrogens with zero attached hydrogens (tertiary/aromatic N) is 7. The summed E-state index contributed by atoms with van der Waals surface area (Å²) >= 11 is 0. The zero-order chi connectivity index (χ0) is 29.2. The van der Waals surface area contributed by atoms with Gasteiger partial charge in [0, 0.05) is 32.2 Å². The fraction of sp³-hybridized carbons (Fsp3) is 0.407. The molecule has 0 aliphatic carbocycles. The number of aryl methyl sites for hydroxylation is 1. The lowest BCUT2D eigenvalue weighted by molar-refractivity contribution is -0.137. The van der Waals surface area contributed by atoms with Crippen molar-refractivity contribution in [2.75, 3.05) is 24.5 Å². The maximum Gasteiger partial charge on any atom is 0.416 e. The number of alkyl halides is 3. The monoisotopic (exact) mass is 552 g/mol. The largest absolute Gasteiger partial charge is 0.416 e. The van der Waals surface area contributed by atoms with Gasteiger partial charge in [-0.1, -0.05) is 19.1 Å². The standard InChI is InChI=1S/C27H27F3N8O2/c1-4-20-15-37(24-22-21(36(3)26(40)35-24)10-9-19(13-32)34-22)16(2)14-38(20)23(25(39)33-12-11-31)17-5-7-18(8-6-17)27(28,29)30/h5-10,16,20,23H,4,12,14-15H2,1-3H3,(H,33,39)/t16-,20+,23?/m0/s1. The molecule has 3 atom stereocenters. The number of nitrogens with one attached hydrogen (secondary N) is 1. The van der Waals surface area contributed by atoms with Gasteiger partial charge in [0.05, 0.1) is 17.1 Å². The van der Waals surface area contributed by atoms with Gasteiger partial charge >= 0.3 is 11.9 Å². The van der Waals surface area contributed by atoms with Crippen LogP contribution in [0.25, 0.3) is 11.0 Å². The molecule has 208 valence electrons. The lowest BCUT2D eigenvalue weighted by Gasteiger charge is -2.48. The van der Waals surface area contributed by atoms with Gasteiger partial charge in [0.15, 0.2) is 5.82 Å². The van der Waals surface area contributed by atoms with Crippen LogP contribution in [0.1, 0.15) is 43.1 Å². The van der Waals surface area contributed by atoms with E-state index in [1.807, 2.05) is 35.8 Å². The van der Waals surface area contributed by atoms with Gasteiger partial charge in [0.25, 0.3) is 0 Å². The molecule has 1 fully saturated rings. The number of rotatable bonds is 6. The third-order valence-electron chi connectivity index (χ3n) is 7.15. The third kappa shape index (κ3) is 5.46. The Morgan fingerprint density at radius 2 is 1.85 bits per heavy atom. The maximum absolute atomic E-state index is 13.3. The Kier molecular flexibility index (Phi) is 8.07. The van der Waals surface area contributed by atoms with E-state index in [0.717, 1.165) is 12.1 Å². The number of hydrogen-bond acceptors (Lipinski definition) is 8. The van der Waals surface area contributed by atoms with Crippen molar-refractivity contribution < 1.29 is 18.0 Å². The second kappa shape index (κ2) is 11.3.